The van der Waals surface area contributed by atoms with E-state index in [0.717, 1.165) is 35.3 Å². The van der Waals surface area contributed by atoms with Gasteiger partial charge >= 0.3 is 0 Å². The van der Waals surface area contributed by atoms with Crippen LogP contribution in [0.5, 0.6) is 0 Å². The van der Waals surface area contributed by atoms with E-state index in [1.807, 2.05) is 49.1 Å². The molecule has 1 N–H and O–H groups in total. The fourth-order valence-corrected chi connectivity index (χ4v) is 3.48. The number of nitrogens with zero attached hydrogens (tertiary/aromatic N) is 2. The molecule has 0 aliphatic carbocycles. The minimum absolute atomic E-state index is 0.0406. The first kappa shape index (κ1) is 20.6. The molecule has 1 aliphatic heterocycles. The SMILES string of the molecule is Cc1cccc(NC(=O)CN(C)C(=O)c2cccc(CN3CCCC3=O)c2)c1C. The lowest BCUT2D eigenvalue weighted by Gasteiger charge is -2.19. The van der Waals surface area contributed by atoms with Gasteiger partial charge in [-0.05, 0) is 55.2 Å². The number of likely N-dealkylation sites (N-methyl/N-ethyl adjacent to an activating group) is 1. The number of carbonyl (C=O) groups excluding carboxylic acids is 3. The fraction of sp³-hybridized carbons (Fsp3) is 0.348. The first-order valence-electron chi connectivity index (χ1n) is 9.83. The summed E-state index contributed by atoms with van der Waals surface area (Å²) in [6, 6.07) is 13.0. The van der Waals surface area contributed by atoms with Gasteiger partial charge in [-0.15, -0.1) is 0 Å². The molecule has 3 rings (SSSR count). The maximum Gasteiger partial charge on any atom is 0.254 e. The Hall–Kier alpha value is -3.15. The number of anilines is 1. The average Bonchev–Trinajstić information content (AvgIpc) is 3.09. The predicted octanol–water partition coefficient (Wildman–Crippen LogP) is 3.14. The number of benzene rings is 2. The number of amides is 3. The van der Waals surface area contributed by atoms with Gasteiger partial charge in [0.15, 0.2) is 0 Å². The topological polar surface area (TPSA) is 69.7 Å². The lowest BCUT2D eigenvalue weighted by Crippen LogP contribution is -2.35. The molecule has 2 aromatic carbocycles. The zero-order valence-electron chi connectivity index (χ0n) is 17.2. The van der Waals surface area contributed by atoms with Gasteiger partial charge in [0, 0.05) is 37.8 Å². The smallest absolute Gasteiger partial charge is 0.254 e. The highest BCUT2D eigenvalue weighted by atomic mass is 16.2. The summed E-state index contributed by atoms with van der Waals surface area (Å²) in [6.45, 7) is 5.17. The number of aryl methyl sites for hydroxylation is 1. The number of hydrogen-bond donors (Lipinski definition) is 1. The molecule has 0 unspecified atom stereocenters. The number of likely N-dealkylation sites (tertiary alicyclic amines) is 1. The molecule has 6 nitrogen and oxygen atoms in total. The van der Waals surface area contributed by atoms with Gasteiger partial charge in [-0.25, -0.2) is 0 Å². The molecule has 1 saturated heterocycles. The second-order valence-electron chi connectivity index (χ2n) is 7.58. The zero-order valence-corrected chi connectivity index (χ0v) is 17.2. The number of nitrogens with one attached hydrogen (secondary N) is 1. The minimum atomic E-state index is -0.242. The van der Waals surface area contributed by atoms with Crippen LogP contribution in [0.3, 0.4) is 0 Å². The molecule has 29 heavy (non-hydrogen) atoms. The largest absolute Gasteiger partial charge is 0.338 e. The first-order valence-corrected chi connectivity index (χ1v) is 9.83. The van der Waals surface area contributed by atoms with Crippen LogP contribution in [0.4, 0.5) is 5.69 Å². The molecule has 1 heterocycles. The lowest BCUT2D eigenvalue weighted by molar-refractivity contribution is -0.128. The van der Waals surface area contributed by atoms with Crippen LogP contribution in [0.2, 0.25) is 0 Å². The van der Waals surface area contributed by atoms with Gasteiger partial charge < -0.3 is 15.1 Å². The Morgan fingerprint density at radius 2 is 1.90 bits per heavy atom. The zero-order chi connectivity index (χ0) is 21.0. The van der Waals surface area contributed by atoms with E-state index in [0.29, 0.717) is 18.5 Å². The van der Waals surface area contributed by atoms with Crippen molar-refractivity contribution in [1.82, 2.24) is 9.80 Å². The van der Waals surface area contributed by atoms with Crippen molar-refractivity contribution in [2.24, 2.45) is 0 Å². The summed E-state index contributed by atoms with van der Waals surface area (Å²) < 4.78 is 0. The van der Waals surface area contributed by atoms with Crippen molar-refractivity contribution in [2.75, 3.05) is 25.5 Å². The summed E-state index contributed by atoms with van der Waals surface area (Å²) >= 11 is 0. The Morgan fingerprint density at radius 1 is 1.14 bits per heavy atom. The van der Waals surface area contributed by atoms with Crippen molar-refractivity contribution in [3.8, 4) is 0 Å². The van der Waals surface area contributed by atoms with Gasteiger partial charge in [-0.1, -0.05) is 24.3 Å². The highest BCUT2D eigenvalue weighted by molar-refractivity contribution is 5.99. The average molecular weight is 393 g/mol. The molecule has 2 aromatic rings. The summed E-state index contributed by atoms with van der Waals surface area (Å²) in [6.07, 6.45) is 1.48. The Morgan fingerprint density at radius 3 is 2.62 bits per heavy atom. The van der Waals surface area contributed by atoms with Crippen molar-refractivity contribution >= 4 is 23.4 Å². The van der Waals surface area contributed by atoms with E-state index >= 15 is 0 Å². The predicted molar refractivity (Wildman–Crippen MR) is 113 cm³/mol. The standard InChI is InChI=1S/C23H27N3O3/c1-16-7-4-10-20(17(16)2)24-21(27)15-25(3)23(29)19-9-5-8-18(13-19)14-26-12-6-11-22(26)28/h4-5,7-10,13H,6,11-12,14-15H2,1-3H3,(H,24,27). The fourth-order valence-electron chi connectivity index (χ4n) is 3.48. The van der Waals surface area contributed by atoms with Gasteiger partial charge in [0.1, 0.15) is 0 Å². The van der Waals surface area contributed by atoms with E-state index in [2.05, 4.69) is 5.32 Å². The summed E-state index contributed by atoms with van der Waals surface area (Å²) in [5.74, 6) is -0.314. The van der Waals surface area contributed by atoms with E-state index in [4.69, 9.17) is 0 Å². The molecule has 0 saturated carbocycles. The molecule has 1 fully saturated rings. The van der Waals surface area contributed by atoms with E-state index in [9.17, 15) is 14.4 Å². The van der Waals surface area contributed by atoms with Crippen molar-refractivity contribution < 1.29 is 14.4 Å². The lowest BCUT2D eigenvalue weighted by atomic mass is 10.1. The van der Waals surface area contributed by atoms with Crippen molar-refractivity contribution in [3.05, 3.63) is 64.7 Å². The van der Waals surface area contributed by atoms with Gasteiger partial charge in [0.2, 0.25) is 11.8 Å². The van der Waals surface area contributed by atoms with Crippen LogP contribution in [0.1, 0.15) is 39.9 Å². The summed E-state index contributed by atoms with van der Waals surface area (Å²) in [5, 5.41) is 2.88. The third-order valence-corrected chi connectivity index (χ3v) is 5.32. The van der Waals surface area contributed by atoms with Gasteiger partial charge in [-0.3, -0.25) is 14.4 Å². The molecule has 0 spiro atoms. The maximum absolute atomic E-state index is 12.8. The third-order valence-electron chi connectivity index (χ3n) is 5.32. The summed E-state index contributed by atoms with van der Waals surface area (Å²) in [5.41, 5.74) is 4.29. The molecule has 1 aliphatic rings. The van der Waals surface area contributed by atoms with Crippen molar-refractivity contribution in [2.45, 2.75) is 33.2 Å². The first-order chi connectivity index (χ1) is 13.8. The van der Waals surface area contributed by atoms with Gasteiger partial charge in [-0.2, -0.15) is 0 Å². The Bertz CT molecular complexity index is 939. The minimum Gasteiger partial charge on any atom is -0.338 e. The summed E-state index contributed by atoms with van der Waals surface area (Å²) in [7, 11) is 1.61. The number of carbonyl (C=O) groups is 3. The molecular weight excluding hydrogens is 366 g/mol. The molecular formula is C23H27N3O3. The van der Waals surface area contributed by atoms with Crippen molar-refractivity contribution in [3.63, 3.8) is 0 Å². The van der Waals surface area contributed by atoms with Crippen LogP contribution < -0.4 is 5.32 Å². The monoisotopic (exact) mass is 393 g/mol. The third kappa shape index (κ3) is 5.02. The second-order valence-corrected chi connectivity index (χ2v) is 7.58. The van der Waals surface area contributed by atoms with Gasteiger partial charge in [0.05, 0.1) is 6.54 Å². The highest BCUT2D eigenvalue weighted by Gasteiger charge is 2.21. The molecule has 0 radical (unpaired) electrons. The quantitative estimate of drug-likeness (QED) is 0.820. The van der Waals surface area contributed by atoms with Crippen LogP contribution in [0, 0.1) is 13.8 Å². The van der Waals surface area contributed by atoms with Crippen LogP contribution in [0.25, 0.3) is 0 Å². The molecule has 3 amide bonds. The van der Waals surface area contributed by atoms with Crippen LogP contribution in [0.15, 0.2) is 42.5 Å². The molecule has 152 valence electrons. The Kier molecular flexibility index (Phi) is 6.32. The summed E-state index contributed by atoms with van der Waals surface area (Å²) in [4.78, 5) is 40.2. The molecule has 0 atom stereocenters. The normalized spacial score (nSPS) is 13.5. The second kappa shape index (κ2) is 8.90. The van der Waals surface area contributed by atoms with E-state index in [1.54, 1.807) is 19.2 Å². The Balaban J connectivity index is 1.62. The molecule has 0 bridgehead atoms. The molecule has 0 aromatic heterocycles. The number of hydrogen-bond acceptors (Lipinski definition) is 3. The highest BCUT2D eigenvalue weighted by Crippen LogP contribution is 2.18. The molecule has 6 heteroatoms. The van der Waals surface area contributed by atoms with E-state index < -0.39 is 0 Å². The van der Waals surface area contributed by atoms with Crippen LogP contribution in [-0.4, -0.2) is 47.7 Å². The number of rotatable bonds is 6. The van der Waals surface area contributed by atoms with Gasteiger partial charge in [0.25, 0.3) is 5.91 Å². The van der Waals surface area contributed by atoms with Crippen LogP contribution in [-0.2, 0) is 16.1 Å². The van der Waals surface area contributed by atoms with E-state index in [-0.39, 0.29) is 24.3 Å². The maximum atomic E-state index is 12.8. The van der Waals surface area contributed by atoms with Crippen molar-refractivity contribution in [1.29, 1.82) is 0 Å². The van der Waals surface area contributed by atoms with Crippen LogP contribution >= 0.6 is 0 Å². The Labute approximate surface area is 171 Å². The van der Waals surface area contributed by atoms with E-state index in [1.165, 1.54) is 4.90 Å².